The van der Waals surface area contributed by atoms with Crippen molar-refractivity contribution in [2.45, 2.75) is 10.6 Å². The van der Waals surface area contributed by atoms with Crippen LogP contribution in [0.3, 0.4) is 0 Å². The second kappa shape index (κ2) is 6.29. The number of nitrogens with zero attached hydrogens (tertiary/aromatic N) is 2. The molecule has 0 unspecified atom stereocenters. The zero-order chi connectivity index (χ0) is 17.3. The molecule has 0 atom stereocenters. The maximum atomic E-state index is 13.7. The third-order valence-electron chi connectivity index (χ3n) is 3.12. The summed E-state index contributed by atoms with van der Waals surface area (Å²) < 4.78 is 56.0. The molecule has 1 heterocycles. The number of hydrogen-bond donors (Lipinski definition) is 0. The minimum Gasteiger partial charge on any atom is -0.334 e. The zero-order valence-corrected chi connectivity index (χ0v) is 13.5. The first-order valence-electron chi connectivity index (χ1n) is 6.61. The van der Waals surface area contributed by atoms with Crippen LogP contribution in [0.4, 0.5) is 8.78 Å². The molecule has 0 fully saturated rings. The SMILES string of the molecule is O=S(=O)(Cc1noc(-c2ccc(F)cc2F)n1)c1ccc(Cl)cc1. The Morgan fingerprint density at radius 3 is 2.46 bits per heavy atom. The van der Waals surface area contributed by atoms with Crippen molar-refractivity contribution in [3.63, 3.8) is 0 Å². The van der Waals surface area contributed by atoms with Gasteiger partial charge in [-0.2, -0.15) is 4.98 Å². The molecule has 5 nitrogen and oxygen atoms in total. The van der Waals surface area contributed by atoms with Gasteiger partial charge in [0, 0.05) is 11.1 Å². The van der Waals surface area contributed by atoms with Crippen molar-refractivity contribution in [1.82, 2.24) is 10.1 Å². The van der Waals surface area contributed by atoms with E-state index in [2.05, 4.69) is 10.1 Å². The standard InChI is InChI=1S/C15H9ClF2N2O3S/c16-9-1-4-11(5-2-9)24(21,22)8-14-19-15(23-20-14)12-6-3-10(17)7-13(12)18/h1-7H,8H2. The summed E-state index contributed by atoms with van der Waals surface area (Å²) >= 11 is 5.72. The lowest BCUT2D eigenvalue weighted by atomic mass is 10.2. The van der Waals surface area contributed by atoms with E-state index in [1.54, 1.807) is 0 Å². The van der Waals surface area contributed by atoms with Crippen LogP contribution in [0.25, 0.3) is 11.5 Å². The smallest absolute Gasteiger partial charge is 0.260 e. The third kappa shape index (κ3) is 3.44. The lowest BCUT2D eigenvalue weighted by Gasteiger charge is -2.01. The number of aromatic nitrogens is 2. The third-order valence-corrected chi connectivity index (χ3v) is 5.00. The van der Waals surface area contributed by atoms with Crippen molar-refractivity contribution in [1.29, 1.82) is 0 Å². The summed E-state index contributed by atoms with van der Waals surface area (Å²) in [4.78, 5) is 3.90. The first-order chi connectivity index (χ1) is 11.3. The molecule has 0 aliphatic rings. The molecule has 0 spiro atoms. The summed E-state index contributed by atoms with van der Waals surface area (Å²) in [6.45, 7) is 0. The molecular weight excluding hydrogens is 362 g/mol. The largest absolute Gasteiger partial charge is 0.334 e. The van der Waals surface area contributed by atoms with Gasteiger partial charge in [-0.15, -0.1) is 0 Å². The van der Waals surface area contributed by atoms with Gasteiger partial charge in [-0.25, -0.2) is 17.2 Å². The van der Waals surface area contributed by atoms with E-state index in [9.17, 15) is 17.2 Å². The van der Waals surface area contributed by atoms with Crippen molar-refractivity contribution in [3.05, 3.63) is 64.9 Å². The Labute approximate surface area is 140 Å². The molecule has 0 N–H and O–H groups in total. The molecule has 2 aromatic carbocycles. The first kappa shape index (κ1) is 16.5. The van der Waals surface area contributed by atoms with Crippen LogP contribution in [0.5, 0.6) is 0 Å². The molecule has 0 aliphatic heterocycles. The van der Waals surface area contributed by atoms with Crippen LogP contribution in [-0.2, 0) is 15.6 Å². The maximum absolute atomic E-state index is 13.7. The second-order valence-corrected chi connectivity index (χ2v) is 7.28. The predicted octanol–water partition coefficient (Wildman–Crippen LogP) is 3.64. The van der Waals surface area contributed by atoms with E-state index in [-0.39, 0.29) is 22.2 Å². The van der Waals surface area contributed by atoms with Crippen molar-refractivity contribution in [3.8, 4) is 11.5 Å². The topological polar surface area (TPSA) is 73.1 Å². The van der Waals surface area contributed by atoms with Crippen LogP contribution in [0.1, 0.15) is 5.82 Å². The molecule has 3 aromatic rings. The Kier molecular flexibility index (Phi) is 4.33. The van der Waals surface area contributed by atoms with Gasteiger partial charge in [0.1, 0.15) is 17.4 Å². The number of rotatable bonds is 4. The minimum absolute atomic E-state index is 0.0474. The fraction of sp³-hybridized carbons (Fsp3) is 0.0667. The first-order valence-corrected chi connectivity index (χ1v) is 8.64. The monoisotopic (exact) mass is 370 g/mol. The van der Waals surface area contributed by atoms with Crippen LogP contribution >= 0.6 is 11.6 Å². The van der Waals surface area contributed by atoms with Gasteiger partial charge in [-0.3, -0.25) is 0 Å². The Hall–Kier alpha value is -2.32. The predicted molar refractivity (Wildman–Crippen MR) is 82.0 cm³/mol. The summed E-state index contributed by atoms with van der Waals surface area (Å²) in [7, 11) is -3.71. The van der Waals surface area contributed by atoms with Gasteiger partial charge in [-0.1, -0.05) is 16.8 Å². The summed E-state index contributed by atoms with van der Waals surface area (Å²) in [5.74, 6) is -2.52. The van der Waals surface area contributed by atoms with Gasteiger partial charge in [-0.05, 0) is 36.4 Å². The average molecular weight is 371 g/mol. The van der Waals surface area contributed by atoms with E-state index in [4.69, 9.17) is 16.1 Å². The van der Waals surface area contributed by atoms with Crippen molar-refractivity contribution in [2.75, 3.05) is 0 Å². The molecule has 9 heteroatoms. The summed E-state index contributed by atoms with van der Waals surface area (Å²) in [5, 5.41) is 3.94. The van der Waals surface area contributed by atoms with Crippen LogP contribution in [-0.4, -0.2) is 18.6 Å². The van der Waals surface area contributed by atoms with Crippen LogP contribution in [0, 0.1) is 11.6 Å². The molecule has 3 rings (SSSR count). The Bertz CT molecular complexity index is 988. The summed E-state index contributed by atoms with van der Waals surface area (Å²) in [5.41, 5.74) is -0.112. The van der Waals surface area contributed by atoms with Crippen molar-refractivity contribution < 1.29 is 21.7 Å². The Morgan fingerprint density at radius 1 is 1.08 bits per heavy atom. The summed E-state index contributed by atoms with van der Waals surface area (Å²) in [6, 6.07) is 8.45. The van der Waals surface area contributed by atoms with Gasteiger partial charge < -0.3 is 4.52 Å². The molecule has 0 saturated heterocycles. The highest BCUT2D eigenvalue weighted by atomic mass is 35.5. The molecule has 0 radical (unpaired) electrons. The van der Waals surface area contributed by atoms with E-state index in [0.717, 1.165) is 12.1 Å². The van der Waals surface area contributed by atoms with E-state index >= 15 is 0 Å². The van der Waals surface area contributed by atoms with Gasteiger partial charge in [0.05, 0.1) is 10.5 Å². The molecule has 0 aliphatic carbocycles. The fourth-order valence-electron chi connectivity index (χ4n) is 1.98. The highest BCUT2D eigenvalue weighted by molar-refractivity contribution is 7.90. The number of hydrogen-bond acceptors (Lipinski definition) is 5. The normalized spacial score (nSPS) is 11.6. The number of benzene rings is 2. The molecule has 24 heavy (non-hydrogen) atoms. The quantitative estimate of drug-likeness (QED) is 0.701. The zero-order valence-electron chi connectivity index (χ0n) is 11.9. The second-order valence-electron chi connectivity index (χ2n) is 4.85. The minimum atomic E-state index is -3.71. The molecule has 1 aromatic heterocycles. The molecule has 0 amide bonds. The van der Waals surface area contributed by atoms with E-state index < -0.39 is 27.2 Å². The van der Waals surface area contributed by atoms with E-state index in [1.165, 1.54) is 24.3 Å². The average Bonchev–Trinajstić information content (AvgIpc) is 2.95. The summed E-state index contributed by atoms with van der Waals surface area (Å²) in [6.07, 6.45) is 0. The van der Waals surface area contributed by atoms with Crippen LogP contribution in [0.15, 0.2) is 51.9 Å². The maximum Gasteiger partial charge on any atom is 0.260 e. The number of sulfone groups is 1. The van der Waals surface area contributed by atoms with E-state index in [1.807, 2.05) is 0 Å². The molecular formula is C15H9ClF2N2O3S. The highest BCUT2D eigenvalue weighted by Crippen LogP contribution is 2.23. The molecule has 0 saturated carbocycles. The van der Waals surface area contributed by atoms with Gasteiger partial charge >= 0.3 is 0 Å². The lowest BCUT2D eigenvalue weighted by Crippen LogP contribution is -2.06. The molecule has 124 valence electrons. The lowest BCUT2D eigenvalue weighted by molar-refractivity contribution is 0.422. The van der Waals surface area contributed by atoms with Gasteiger partial charge in [0.2, 0.25) is 0 Å². The van der Waals surface area contributed by atoms with Gasteiger partial charge in [0.25, 0.3) is 5.89 Å². The van der Waals surface area contributed by atoms with Crippen LogP contribution < -0.4 is 0 Å². The molecule has 0 bridgehead atoms. The van der Waals surface area contributed by atoms with Crippen molar-refractivity contribution in [2.24, 2.45) is 0 Å². The Balaban J connectivity index is 1.87. The van der Waals surface area contributed by atoms with Crippen molar-refractivity contribution >= 4 is 21.4 Å². The van der Waals surface area contributed by atoms with Gasteiger partial charge in [0.15, 0.2) is 15.7 Å². The number of halogens is 3. The fourth-order valence-corrected chi connectivity index (χ4v) is 3.28. The highest BCUT2D eigenvalue weighted by Gasteiger charge is 2.21. The van der Waals surface area contributed by atoms with E-state index in [0.29, 0.717) is 11.1 Å². The van der Waals surface area contributed by atoms with Crippen LogP contribution in [0.2, 0.25) is 5.02 Å². The Morgan fingerprint density at radius 2 is 1.79 bits per heavy atom.